The third kappa shape index (κ3) is 7.19. The maximum atomic E-state index is 10.1. The van der Waals surface area contributed by atoms with E-state index in [-0.39, 0.29) is 36.0 Å². The van der Waals surface area contributed by atoms with Gasteiger partial charge in [0.2, 0.25) is 0 Å². The van der Waals surface area contributed by atoms with Crippen molar-refractivity contribution in [1.82, 2.24) is 5.32 Å². The largest absolute Gasteiger partial charge is 1.00 e. The first-order valence-corrected chi connectivity index (χ1v) is 4.44. The van der Waals surface area contributed by atoms with Gasteiger partial charge >= 0.3 is 29.6 Å². The van der Waals surface area contributed by atoms with Gasteiger partial charge in [0.1, 0.15) is 0 Å². The van der Waals surface area contributed by atoms with Crippen molar-refractivity contribution in [3.05, 3.63) is 42.1 Å². The summed E-state index contributed by atoms with van der Waals surface area (Å²) in [5.74, 6) is -1.04. The van der Waals surface area contributed by atoms with Gasteiger partial charge in [0, 0.05) is 18.9 Å². The molecule has 15 heavy (non-hydrogen) atoms. The van der Waals surface area contributed by atoms with Gasteiger partial charge in [-0.1, -0.05) is 30.3 Å². The molecule has 0 spiro atoms. The fourth-order valence-corrected chi connectivity index (χ4v) is 0.977. The molecule has 0 atom stereocenters. The standard InChI is InChI=1S/C11H13NO2.Na/c13-11(14)7-9-12-8-6-10-4-2-1-3-5-10;/h1-6,8,12H,7,9H2,(H,13,14);/q;+1/p-1. The van der Waals surface area contributed by atoms with Gasteiger partial charge in [-0.2, -0.15) is 0 Å². The number of hydrogen-bond donors (Lipinski definition) is 1. The fraction of sp³-hybridized carbons (Fsp3) is 0.182. The molecule has 0 bridgehead atoms. The molecule has 0 radical (unpaired) electrons. The second-order valence-corrected chi connectivity index (χ2v) is 2.82. The Bertz CT molecular complexity index is 312. The molecule has 3 nitrogen and oxygen atoms in total. The third-order valence-electron chi connectivity index (χ3n) is 1.67. The molecule has 0 aliphatic heterocycles. The molecule has 0 aromatic heterocycles. The van der Waals surface area contributed by atoms with Crippen LogP contribution in [0, 0.1) is 0 Å². The second kappa shape index (κ2) is 8.53. The molecule has 0 unspecified atom stereocenters. The average molecular weight is 213 g/mol. The Morgan fingerprint density at radius 1 is 1.33 bits per heavy atom. The summed E-state index contributed by atoms with van der Waals surface area (Å²) in [7, 11) is 0. The van der Waals surface area contributed by atoms with E-state index in [2.05, 4.69) is 5.32 Å². The Labute approximate surface area is 111 Å². The van der Waals surface area contributed by atoms with Crippen molar-refractivity contribution in [2.24, 2.45) is 0 Å². The van der Waals surface area contributed by atoms with Crippen LogP contribution in [0.1, 0.15) is 12.0 Å². The fourth-order valence-electron chi connectivity index (χ4n) is 0.977. The number of carbonyl (C=O) groups is 1. The Balaban J connectivity index is 0.00000196. The summed E-state index contributed by atoms with van der Waals surface area (Å²) in [4.78, 5) is 10.1. The van der Waals surface area contributed by atoms with Crippen LogP contribution < -0.4 is 40.0 Å². The summed E-state index contributed by atoms with van der Waals surface area (Å²) in [6.07, 6.45) is 3.65. The Morgan fingerprint density at radius 2 is 2.00 bits per heavy atom. The van der Waals surface area contributed by atoms with Gasteiger partial charge in [0.15, 0.2) is 0 Å². The number of aliphatic carboxylic acids is 1. The van der Waals surface area contributed by atoms with E-state index in [4.69, 9.17) is 0 Å². The number of carbonyl (C=O) groups excluding carboxylic acids is 1. The van der Waals surface area contributed by atoms with Gasteiger partial charge in [0.25, 0.3) is 0 Å². The number of benzene rings is 1. The number of hydrogen-bond acceptors (Lipinski definition) is 3. The quantitative estimate of drug-likeness (QED) is 0.431. The molecule has 74 valence electrons. The molecule has 1 aromatic rings. The van der Waals surface area contributed by atoms with E-state index in [1.165, 1.54) is 0 Å². The van der Waals surface area contributed by atoms with Crippen LogP contribution in [-0.2, 0) is 4.79 Å². The van der Waals surface area contributed by atoms with Crippen LogP contribution in [0.2, 0.25) is 0 Å². The Kier molecular flexibility index (Phi) is 8.09. The van der Waals surface area contributed by atoms with Gasteiger partial charge in [-0.05, 0) is 17.8 Å². The predicted octanol–water partition coefficient (Wildman–Crippen LogP) is -2.61. The minimum atomic E-state index is -1.04. The van der Waals surface area contributed by atoms with E-state index in [1.807, 2.05) is 36.4 Å². The molecular formula is C11H12NNaO2. The summed E-state index contributed by atoms with van der Waals surface area (Å²) in [5, 5.41) is 12.9. The first-order valence-electron chi connectivity index (χ1n) is 4.44. The normalized spacial score (nSPS) is 9.60. The molecule has 0 saturated heterocycles. The second-order valence-electron chi connectivity index (χ2n) is 2.82. The molecule has 0 saturated carbocycles. The van der Waals surface area contributed by atoms with Crippen LogP contribution in [0.4, 0.5) is 0 Å². The first kappa shape index (κ1) is 14.2. The van der Waals surface area contributed by atoms with Crippen molar-refractivity contribution in [2.75, 3.05) is 6.54 Å². The average Bonchev–Trinajstić information content (AvgIpc) is 2.18. The van der Waals surface area contributed by atoms with Crippen LogP contribution in [0.15, 0.2) is 36.5 Å². The van der Waals surface area contributed by atoms with Crippen molar-refractivity contribution in [3.63, 3.8) is 0 Å². The SMILES string of the molecule is O=C([O-])CCNC=Cc1ccccc1.[Na+]. The van der Waals surface area contributed by atoms with Gasteiger partial charge in [-0.15, -0.1) is 0 Å². The monoisotopic (exact) mass is 213 g/mol. The van der Waals surface area contributed by atoms with E-state index >= 15 is 0 Å². The molecule has 0 amide bonds. The molecule has 1 N–H and O–H groups in total. The maximum absolute atomic E-state index is 10.1. The molecule has 4 heteroatoms. The molecular weight excluding hydrogens is 201 g/mol. The molecule has 1 rings (SSSR count). The van der Waals surface area contributed by atoms with Crippen molar-refractivity contribution < 1.29 is 39.5 Å². The summed E-state index contributed by atoms with van der Waals surface area (Å²) < 4.78 is 0. The van der Waals surface area contributed by atoms with Gasteiger partial charge in [-0.3, -0.25) is 0 Å². The van der Waals surface area contributed by atoms with Crippen molar-refractivity contribution in [2.45, 2.75) is 6.42 Å². The number of carboxylic acids is 1. The summed E-state index contributed by atoms with van der Waals surface area (Å²) >= 11 is 0. The topological polar surface area (TPSA) is 52.2 Å². The number of nitrogens with one attached hydrogen (secondary N) is 1. The zero-order valence-corrected chi connectivity index (χ0v) is 10.8. The van der Waals surface area contributed by atoms with Gasteiger partial charge in [-0.25, -0.2) is 0 Å². The minimum Gasteiger partial charge on any atom is -0.550 e. The Morgan fingerprint density at radius 3 is 2.60 bits per heavy atom. The van der Waals surface area contributed by atoms with Crippen LogP contribution in [0.25, 0.3) is 6.08 Å². The van der Waals surface area contributed by atoms with Crippen LogP contribution >= 0.6 is 0 Å². The summed E-state index contributed by atoms with van der Waals surface area (Å²) in [6.45, 7) is 0.395. The van der Waals surface area contributed by atoms with E-state index in [9.17, 15) is 9.90 Å². The number of rotatable bonds is 5. The van der Waals surface area contributed by atoms with Crippen molar-refractivity contribution in [1.29, 1.82) is 0 Å². The molecule has 0 heterocycles. The van der Waals surface area contributed by atoms with Crippen LogP contribution in [0.5, 0.6) is 0 Å². The Hall–Kier alpha value is -0.770. The molecule has 0 aliphatic rings. The zero-order chi connectivity index (χ0) is 10.2. The first-order chi connectivity index (χ1) is 6.79. The molecule has 1 aromatic carbocycles. The number of carboxylic acid groups (broad SMARTS) is 1. The third-order valence-corrected chi connectivity index (χ3v) is 1.67. The minimum absolute atomic E-state index is 0. The van der Waals surface area contributed by atoms with Crippen molar-refractivity contribution >= 4 is 12.0 Å². The van der Waals surface area contributed by atoms with Gasteiger partial charge in [0.05, 0.1) is 0 Å². The van der Waals surface area contributed by atoms with E-state index < -0.39 is 5.97 Å². The van der Waals surface area contributed by atoms with E-state index in [1.54, 1.807) is 6.20 Å². The maximum Gasteiger partial charge on any atom is 1.00 e. The van der Waals surface area contributed by atoms with Crippen LogP contribution in [0.3, 0.4) is 0 Å². The van der Waals surface area contributed by atoms with E-state index in [0.29, 0.717) is 6.54 Å². The summed E-state index contributed by atoms with van der Waals surface area (Å²) in [6, 6.07) is 9.77. The smallest absolute Gasteiger partial charge is 0.550 e. The van der Waals surface area contributed by atoms with Crippen molar-refractivity contribution in [3.8, 4) is 0 Å². The molecule has 0 aliphatic carbocycles. The molecule has 0 fully saturated rings. The summed E-state index contributed by atoms with van der Waals surface area (Å²) in [5.41, 5.74) is 1.08. The van der Waals surface area contributed by atoms with E-state index in [0.717, 1.165) is 5.56 Å². The van der Waals surface area contributed by atoms with Crippen LogP contribution in [-0.4, -0.2) is 12.5 Å². The zero-order valence-electron chi connectivity index (χ0n) is 8.77. The predicted molar refractivity (Wildman–Crippen MR) is 53.1 cm³/mol. The van der Waals surface area contributed by atoms with Gasteiger partial charge < -0.3 is 15.2 Å².